The van der Waals surface area contributed by atoms with Gasteiger partial charge in [-0.1, -0.05) is 32.0 Å². The molecule has 28 heavy (non-hydrogen) atoms. The lowest BCUT2D eigenvalue weighted by atomic mass is 10.0. The van der Waals surface area contributed by atoms with Crippen LogP contribution < -0.4 is 4.74 Å². The molecule has 2 aromatic rings. The zero-order valence-corrected chi connectivity index (χ0v) is 17.6. The highest BCUT2D eigenvalue weighted by atomic mass is 32.2. The number of ether oxygens (including phenoxy) is 1. The maximum absolute atomic E-state index is 12.3. The first-order valence-electron chi connectivity index (χ1n) is 8.92. The van der Waals surface area contributed by atoms with Crippen molar-refractivity contribution in [3.05, 3.63) is 59.7 Å². The first kappa shape index (κ1) is 24.0. The van der Waals surface area contributed by atoms with E-state index in [1.165, 1.54) is 12.1 Å². The first-order chi connectivity index (χ1) is 12.9. The Balaban J connectivity index is 0.000000280. The minimum atomic E-state index is -4.23. The van der Waals surface area contributed by atoms with Gasteiger partial charge in [-0.3, -0.25) is 0 Å². The van der Waals surface area contributed by atoms with Crippen LogP contribution in [0.2, 0.25) is 0 Å². The highest BCUT2D eigenvalue weighted by Crippen LogP contribution is 2.29. The van der Waals surface area contributed by atoms with E-state index in [0.717, 1.165) is 11.6 Å². The molecule has 156 valence electrons. The summed E-state index contributed by atoms with van der Waals surface area (Å²) >= 11 is 0. The van der Waals surface area contributed by atoms with Crippen LogP contribution in [0.1, 0.15) is 38.8 Å². The quantitative estimate of drug-likeness (QED) is 0.620. The minimum absolute atomic E-state index is 0.341. The van der Waals surface area contributed by atoms with Gasteiger partial charge in [0, 0.05) is 0 Å². The third-order valence-corrected chi connectivity index (χ3v) is 6.08. The molecule has 0 radical (unpaired) electrons. The molecular weight excluding hydrogens is 389 g/mol. The molecule has 0 atom stereocenters. The van der Waals surface area contributed by atoms with E-state index in [1.54, 1.807) is 51.3 Å². The molecule has 0 aliphatic carbocycles. The molecule has 0 aromatic heterocycles. The molecule has 0 saturated carbocycles. The molecule has 0 heterocycles. The average molecular weight is 417 g/mol. The lowest BCUT2D eigenvalue weighted by Gasteiger charge is -2.09. The fraction of sp³-hybridized carbons (Fsp3) is 0.429. The summed E-state index contributed by atoms with van der Waals surface area (Å²) in [6, 6.07) is 11.9. The summed E-state index contributed by atoms with van der Waals surface area (Å²) in [6.45, 7) is 7.31. The maximum Gasteiger partial charge on any atom is 0.416 e. The van der Waals surface area contributed by atoms with Crippen molar-refractivity contribution < 1.29 is 26.3 Å². The minimum Gasteiger partial charge on any atom is -0.497 e. The van der Waals surface area contributed by atoms with Gasteiger partial charge in [-0.2, -0.15) is 13.2 Å². The van der Waals surface area contributed by atoms with Crippen molar-refractivity contribution in [2.24, 2.45) is 5.92 Å². The van der Waals surface area contributed by atoms with Crippen molar-refractivity contribution in [2.45, 2.75) is 50.4 Å². The fourth-order valence-electron chi connectivity index (χ4n) is 2.38. The number of methoxy groups -OCH3 is 1. The topological polar surface area (TPSA) is 43.4 Å². The summed E-state index contributed by atoms with van der Waals surface area (Å²) < 4.78 is 65.2. The van der Waals surface area contributed by atoms with Gasteiger partial charge in [-0.05, 0) is 62.1 Å². The number of benzene rings is 2. The van der Waals surface area contributed by atoms with Gasteiger partial charge < -0.3 is 4.74 Å². The highest BCUT2D eigenvalue weighted by Gasteiger charge is 2.30. The Kier molecular flexibility index (Phi) is 8.54. The third kappa shape index (κ3) is 7.19. The normalized spacial score (nSPS) is 11.9. The molecule has 3 nitrogen and oxygen atoms in total. The summed E-state index contributed by atoms with van der Waals surface area (Å²) in [5.74, 6) is 1.03. The zero-order chi connectivity index (χ0) is 21.5. The van der Waals surface area contributed by atoms with Crippen LogP contribution in [0.15, 0.2) is 53.4 Å². The van der Waals surface area contributed by atoms with Gasteiger partial charge in [0.25, 0.3) is 0 Å². The zero-order valence-electron chi connectivity index (χ0n) is 16.7. The molecule has 0 bridgehead atoms. The Morgan fingerprint density at radius 3 is 1.96 bits per heavy atom. The second-order valence-electron chi connectivity index (χ2n) is 7.07. The largest absolute Gasteiger partial charge is 0.497 e. The smallest absolute Gasteiger partial charge is 0.416 e. The molecule has 0 N–H and O–H groups in total. The Bertz CT molecular complexity index is 840. The summed E-state index contributed by atoms with van der Waals surface area (Å²) in [4.78, 5) is 0.341. The summed E-state index contributed by atoms with van der Waals surface area (Å²) in [6.07, 6.45) is -3.54. The van der Waals surface area contributed by atoms with Gasteiger partial charge in [-0.25, -0.2) is 8.42 Å². The van der Waals surface area contributed by atoms with E-state index >= 15 is 0 Å². The lowest BCUT2D eigenvalue weighted by molar-refractivity contribution is -0.137. The Labute approximate surface area is 165 Å². The van der Waals surface area contributed by atoms with Gasteiger partial charge >= 0.3 is 6.18 Å². The standard InChI is InChI=1S/C11H13F3.C10H14O3S/c1-8(2)6-9-4-3-5-10(7-9)11(12,13)14;1-8(2)14(11,12)10-6-4-9(13-3)5-7-10/h3-5,7-8H,6H2,1-2H3;4-8H,1-3H3. The molecule has 0 unspecified atom stereocenters. The van der Waals surface area contributed by atoms with Gasteiger partial charge in [0.2, 0.25) is 0 Å². The Morgan fingerprint density at radius 1 is 0.964 bits per heavy atom. The van der Waals surface area contributed by atoms with E-state index in [0.29, 0.717) is 23.0 Å². The molecule has 0 amide bonds. The summed E-state index contributed by atoms with van der Waals surface area (Å²) in [5.41, 5.74) is 0.186. The predicted octanol–water partition coefficient (Wildman–Crippen LogP) is 5.78. The van der Waals surface area contributed by atoms with Crippen molar-refractivity contribution in [2.75, 3.05) is 7.11 Å². The average Bonchev–Trinajstić information content (AvgIpc) is 2.61. The van der Waals surface area contributed by atoms with Crippen molar-refractivity contribution >= 4 is 9.84 Å². The molecule has 0 aliphatic rings. The van der Waals surface area contributed by atoms with Crippen LogP contribution in [0.5, 0.6) is 5.75 Å². The van der Waals surface area contributed by atoms with Crippen molar-refractivity contribution in [3.63, 3.8) is 0 Å². The third-order valence-electron chi connectivity index (χ3n) is 3.91. The van der Waals surface area contributed by atoms with Crippen LogP contribution in [0, 0.1) is 5.92 Å². The van der Waals surface area contributed by atoms with Gasteiger partial charge in [0.15, 0.2) is 9.84 Å². The SMILES string of the molecule is CC(C)Cc1cccc(C(F)(F)F)c1.COc1ccc(S(=O)(=O)C(C)C)cc1. The monoisotopic (exact) mass is 416 g/mol. The molecule has 7 heteroatoms. The second kappa shape index (κ2) is 9.96. The van der Waals surface area contributed by atoms with E-state index in [9.17, 15) is 21.6 Å². The van der Waals surface area contributed by atoms with Crippen LogP contribution in [0.3, 0.4) is 0 Å². The molecule has 0 saturated heterocycles. The number of halogens is 3. The van der Waals surface area contributed by atoms with Crippen molar-refractivity contribution in [1.82, 2.24) is 0 Å². The molecule has 0 spiro atoms. The van der Waals surface area contributed by atoms with Gasteiger partial charge in [0.05, 0.1) is 22.8 Å². The van der Waals surface area contributed by atoms with E-state index in [1.807, 2.05) is 13.8 Å². The van der Waals surface area contributed by atoms with Crippen LogP contribution in [-0.2, 0) is 22.4 Å². The Hall–Kier alpha value is -2.02. The number of rotatable bonds is 5. The van der Waals surface area contributed by atoms with Crippen LogP contribution >= 0.6 is 0 Å². The number of hydrogen-bond donors (Lipinski definition) is 0. The van der Waals surface area contributed by atoms with Crippen LogP contribution in [0.25, 0.3) is 0 Å². The summed E-state index contributed by atoms with van der Waals surface area (Å²) in [5, 5.41) is -0.393. The van der Waals surface area contributed by atoms with Crippen molar-refractivity contribution in [1.29, 1.82) is 0 Å². The summed E-state index contributed by atoms with van der Waals surface area (Å²) in [7, 11) is -1.61. The van der Waals surface area contributed by atoms with Gasteiger partial charge in [0.1, 0.15) is 5.75 Å². The highest BCUT2D eigenvalue weighted by molar-refractivity contribution is 7.92. The van der Waals surface area contributed by atoms with E-state index in [4.69, 9.17) is 4.74 Å². The molecule has 0 fully saturated rings. The first-order valence-corrected chi connectivity index (χ1v) is 10.5. The van der Waals surface area contributed by atoms with E-state index < -0.39 is 26.8 Å². The predicted molar refractivity (Wildman–Crippen MR) is 105 cm³/mol. The van der Waals surface area contributed by atoms with E-state index in [2.05, 4.69) is 0 Å². The molecule has 2 aromatic carbocycles. The maximum atomic E-state index is 12.3. The van der Waals surface area contributed by atoms with Crippen LogP contribution in [-0.4, -0.2) is 20.8 Å². The second-order valence-corrected chi connectivity index (χ2v) is 9.57. The lowest BCUT2D eigenvalue weighted by Crippen LogP contribution is -2.13. The van der Waals surface area contributed by atoms with E-state index in [-0.39, 0.29) is 0 Å². The van der Waals surface area contributed by atoms with Crippen molar-refractivity contribution in [3.8, 4) is 5.75 Å². The fourth-order valence-corrected chi connectivity index (χ4v) is 3.44. The number of sulfone groups is 1. The number of alkyl halides is 3. The molecule has 2 rings (SSSR count). The molecule has 0 aliphatic heterocycles. The molecular formula is C21H27F3O3S. The Morgan fingerprint density at radius 2 is 1.54 bits per heavy atom. The number of hydrogen-bond acceptors (Lipinski definition) is 3. The van der Waals surface area contributed by atoms with Gasteiger partial charge in [-0.15, -0.1) is 0 Å². The van der Waals surface area contributed by atoms with Crippen LogP contribution in [0.4, 0.5) is 13.2 Å².